The highest BCUT2D eigenvalue weighted by molar-refractivity contribution is 6.08. The Bertz CT molecular complexity index is 2140. The van der Waals surface area contributed by atoms with Crippen molar-refractivity contribution in [3.8, 4) is 22.6 Å². The van der Waals surface area contributed by atoms with Gasteiger partial charge in [0.2, 0.25) is 0 Å². The van der Waals surface area contributed by atoms with Crippen molar-refractivity contribution in [3.63, 3.8) is 0 Å². The highest BCUT2D eigenvalue weighted by Crippen LogP contribution is 2.48. The van der Waals surface area contributed by atoms with E-state index < -0.39 is 17.4 Å². The molecule has 0 unspecified atom stereocenters. The van der Waals surface area contributed by atoms with E-state index in [0.717, 1.165) is 30.5 Å². The fraction of sp³-hybridized carbons (Fsp3) is 0.265. The third-order valence-electron chi connectivity index (χ3n) is 9.28. The minimum Gasteiger partial charge on any atom is -0.335 e. The number of hydrogen-bond acceptors (Lipinski definition) is 6. The number of amides is 2. The molecule has 1 saturated heterocycles. The van der Waals surface area contributed by atoms with Gasteiger partial charge in [0, 0.05) is 31.7 Å². The van der Waals surface area contributed by atoms with Gasteiger partial charge in [-0.05, 0) is 73.2 Å². The van der Waals surface area contributed by atoms with Crippen molar-refractivity contribution in [1.29, 1.82) is 0 Å². The number of fused-ring (bicyclic) bond motifs is 4. The number of carbonyl (C=O) groups is 2. The molecule has 3 aliphatic rings. The molecule has 2 amide bonds. The predicted octanol–water partition coefficient (Wildman–Crippen LogP) is 5.04. The van der Waals surface area contributed by atoms with Crippen molar-refractivity contribution in [1.82, 2.24) is 29.5 Å². The van der Waals surface area contributed by atoms with E-state index in [-0.39, 0.29) is 42.6 Å². The maximum absolute atomic E-state index is 14.0. The largest absolute Gasteiger partial charge is 0.439 e. The molecule has 0 aliphatic carbocycles. The average molecular weight is 641 g/mol. The van der Waals surface area contributed by atoms with Crippen LogP contribution in [0.4, 0.5) is 13.2 Å². The zero-order chi connectivity index (χ0) is 32.4. The summed E-state index contributed by atoms with van der Waals surface area (Å²) in [7, 11) is 0. The molecule has 6 heterocycles. The molecule has 0 radical (unpaired) electrons. The topological polar surface area (TPSA) is 117 Å². The Morgan fingerprint density at radius 2 is 1.60 bits per heavy atom. The number of rotatable bonds is 7. The first-order valence-corrected chi connectivity index (χ1v) is 15.4. The van der Waals surface area contributed by atoms with Gasteiger partial charge in [-0.25, -0.2) is 18.0 Å². The molecule has 13 heteroatoms. The summed E-state index contributed by atoms with van der Waals surface area (Å²) in [6, 6.07) is 13.0. The minimum atomic E-state index is -0.983. The number of benzene rings is 2. The first-order chi connectivity index (χ1) is 22.8. The minimum absolute atomic E-state index is 0.0925. The van der Waals surface area contributed by atoms with Gasteiger partial charge in [-0.1, -0.05) is 23.4 Å². The van der Waals surface area contributed by atoms with Crippen LogP contribution in [-0.2, 0) is 25.9 Å². The molecule has 238 valence electrons. The van der Waals surface area contributed by atoms with Gasteiger partial charge in [-0.2, -0.15) is 0 Å². The Hall–Kier alpha value is -5.46. The van der Waals surface area contributed by atoms with Gasteiger partial charge in [0.25, 0.3) is 11.8 Å². The quantitative estimate of drug-likeness (QED) is 0.266. The third-order valence-corrected chi connectivity index (χ3v) is 9.28. The van der Waals surface area contributed by atoms with Gasteiger partial charge in [0.1, 0.15) is 11.5 Å². The van der Waals surface area contributed by atoms with Crippen molar-refractivity contribution < 1.29 is 27.3 Å². The van der Waals surface area contributed by atoms with Crippen LogP contribution in [0.2, 0.25) is 0 Å². The SMILES string of the molecule is O=C1c2ccc(-c3c4c(nc(CCc5ccc(F)cc5)c3-c3noc(=O)[nH]3)[C@H]3CCCN3C4=O)n2CCN1Cc1ccc(F)c(F)c1. The van der Waals surface area contributed by atoms with Crippen molar-refractivity contribution in [3.05, 3.63) is 116 Å². The molecular weight excluding hydrogens is 613 g/mol. The van der Waals surface area contributed by atoms with Crippen LogP contribution >= 0.6 is 0 Å². The Labute approximate surface area is 265 Å². The van der Waals surface area contributed by atoms with E-state index in [1.807, 2.05) is 9.47 Å². The number of hydrogen-bond donors (Lipinski definition) is 1. The number of aromatic amines is 1. The summed E-state index contributed by atoms with van der Waals surface area (Å²) in [5.74, 6) is -3.45. The molecule has 2 aromatic carbocycles. The highest BCUT2D eigenvalue weighted by Gasteiger charge is 2.45. The first-order valence-electron chi connectivity index (χ1n) is 15.4. The fourth-order valence-electron chi connectivity index (χ4n) is 7.10. The number of halogens is 3. The predicted molar refractivity (Wildman–Crippen MR) is 162 cm³/mol. The smallest absolute Gasteiger partial charge is 0.335 e. The van der Waals surface area contributed by atoms with Crippen molar-refractivity contribution in [2.24, 2.45) is 0 Å². The molecule has 0 spiro atoms. The molecular formula is C34H27F3N6O4. The second kappa shape index (κ2) is 11.1. The molecule has 1 fully saturated rings. The van der Waals surface area contributed by atoms with Gasteiger partial charge < -0.3 is 14.4 Å². The second-order valence-electron chi connectivity index (χ2n) is 12.0. The number of pyridine rings is 1. The molecule has 1 atom stereocenters. The van der Waals surface area contributed by atoms with E-state index >= 15 is 0 Å². The lowest BCUT2D eigenvalue weighted by atomic mass is 9.91. The number of aryl methyl sites for hydroxylation is 2. The summed E-state index contributed by atoms with van der Waals surface area (Å²) in [4.78, 5) is 51.1. The molecule has 47 heavy (non-hydrogen) atoms. The number of nitrogens with zero attached hydrogens (tertiary/aromatic N) is 5. The zero-order valence-corrected chi connectivity index (χ0v) is 24.9. The van der Waals surface area contributed by atoms with E-state index in [4.69, 9.17) is 9.51 Å². The number of nitrogens with one attached hydrogen (secondary N) is 1. The van der Waals surface area contributed by atoms with Crippen LogP contribution in [0.15, 0.2) is 63.9 Å². The van der Waals surface area contributed by atoms with E-state index in [1.54, 1.807) is 29.2 Å². The maximum atomic E-state index is 14.0. The Morgan fingerprint density at radius 3 is 2.36 bits per heavy atom. The summed E-state index contributed by atoms with van der Waals surface area (Å²) >= 11 is 0. The van der Waals surface area contributed by atoms with Gasteiger partial charge in [0.15, 0.2) is 17.5 Å². The highest BCUT2D eigenvalue weighted by atomic mass is 19.2. The van der Waals surface area contributed by atoms with Crippen LogP contribution in [0, 0.1) is 17.5 Å². The normalized spacial score (nSPS) is 17.0. The van der Waals surface area contributed by atoms with Crippen molar-refractivity contribution >= 4 is 11.8 Å². The summed E-state index contributed by atoms with van der Waals surface area (Å²) < 4.78 is 47.8. The van der Waals surface area contributed by atoms with Gasteiger partial charge in [0.05, 0.1) is 34.3 Å². The number of H-pyrrole nitrogens is 1. The third kappa shape index (κ3) is 4.84. The summed E-state index contributed by atoms with van der Waals surface area (Å²) in [6.45, 7) is 1.31. The average Bonchev–Trinajstić information content (AvgIpc) is 3.86. The number of aromatic nitrogens is 4. The summed E-state index contributed by atoms with van der Waals surface area (Å²) in [6.07, 6.45) is 2.48. The van der Waals surface area contributed by atoms with E-state index in [0.29, 0.717) is 71.0 Å². The monoisotopic (exact) mass is 640 g/mol. The van der Waals surface area contributed by atoms with Gasteiger partial charge in [-0.15, -0.1) is 0 Å². The van der Waals surface area contributed by atoms with E-state index in [9.17, 15) is 27.6 Å². The second-order valence-corrected chi connectivity index (χ2v) is 12.0. The van der Waals surface area contributed by atoms with Crippen molar-refractivity contribution in [2.45, 2.75) is 44.8 Å². The molecule has 3 aliphatic heterocycles. The maximum Gasteiger partial charge on any atom is 0.439 e. The molecule has 8 rings (SSSR count). The van der Waals surface area contributed by atoms with Crippen molar-refractivity contribution in [2.75, 3.05) is 13.1 Å². The molecule has 0 saturated carbocycles. The standard InChI is InChI=1S/C34H27F3N6O4/c35-20-7-3-18(4-8-20)6-10-23-27(31-39-34(46)47-40-31)28(29-30(38-23)25-2-1-13-43(25)33(29)45)24-11-12-26-32(44)41(14-15-42(24)26)17-19-5-9-21(36)22(37)16-19/h3-5,7-9,11-12,16,25H,1-2,6,10,13-15,17H2,(H,39,40,46)/t25-/m1/s1. The molecule has 1 N–H and O–H groups in total. The molecule has 10 nitrogen and oxygen atoms in total. The Balaban J connectivity index is 1.26. The van der Waals surface area contributed by atoms with Gasteiger partial charge in [-0.3, -0.25) is 24.1 Å². The lowest BCUT2D eigenvalue weighted by Crippen LogP contribution is -2.39. The molecule has 5 aromatic rings. The summed E-state index contributed by atoms with van der Waals surface area (Å²) in [5.41, 5.74) is 4.81. The Morgan fingerprint density at radius 1 is 0.809 bits per heavy atom. The van der Waals surface area contributed by atoms with E-state index in [2.05, 4.69) is 10.1 Å². The number of carbonyl (C=O) groups excluding carboxylic acids is 2. The van der Waals surface area contributed by atoms with Crippen LogP contribution < -0.4 is 5.76 Å². The molecule has 3 aromatic heterocycles. The van der Waals surface area contributed by atoms with Crippen LogP contribution in [0.1, 0.15) is 62.2 Å². The summed E-state index contributed by atoms with van der Waals surface area (Å²) in [5, 5.41) is 4.01. The van der Waals surface area contributed by atoms with Crippen LogP contribution in [-0.4, -0.2) is 54.4 Å². The lowest BCUT2D eigenvalue weighted by Gasteiger charge is -2.30. The first kappa shape index (κ1) is 29.0. The van der Waals surface area contributed by atoms with Crippen LogP contribution in [0.5, 0.6) is 0 Å². The van der Waals surface area contributed by atoms with Crippen LogP contribution in [0.25, 0.3) is 22.6 Å². The Kier molecular flexibility index (Phi) is 6.85. The molecule has 0 bridgehead atoms. The van der Waals surface area contributed by atoms with E-state index in [1.165, 1.54) is 18.2 Å². The van der Waals surface area contributed by atoms with Gasteiger partial charge >= 0.3 is 5.76 Å². The van der Waals surface area contributed by atoms with Crippen LogP contribution in [0.3, 0.4) is 0 Å². The lowest BCUT2D eigenvalue weighted by molar-refractivity contribution is 0.0691. The fourth-order valence-corrected chi connectivity index (χ4v) is 7.10. The zero-order valence-electron chi connectivity index (χ0n) is 24.9.